The third kappa shape index (κ3) is 5.04. The lowest BCUT2D eigenvalue weighted by molar-refractivity contribution is -0.142. The number of nitrogens with one attached hydrogen (secondary N) is 1. The Morgan fingerprint density at radius 3 is 2.66 bits per heavy atom. The third-order valence-corrected chi connectivity index (χ3v) is 4.70. The first-order valence-electron chi connectivity index (χ1n) is 9.16. The Labute approximate surface area is 163 Å². The molecule has 1 aromatic heterocycles. The lowest BCUT2D eigenvalue weighted by Gasteiger charge is -2.13. The van der Waals surface area contributed by atoms with Crippen LogP contribution in [-0.2, 0) is 30.4 Å². The molecule has 0 radical (unpaired) electrons. The summed E-state index contributed by atoms with van der Waals surface area (Å²) in [5.41, 5.74) is 0.234. The maximum Gasteiger partial charge on any atom is 0.435 e. The van der Waals surface area contributed by atoms with Gasteiger partial charge in [-0.25, -0.2) is 0 Å². The molecule has 1 aromatic carbocycles. The fraction of sp³-hybridized carbons (Fsp3) is 0.474. The molecule has 1 N–H and O–H groups in total. The van der Waals surface area contributed by atoms with Gasteiger partial charge in [-0.05, 0) is 50.3 Å². The number of benzene rings is 1. The van der Waals surface area contributed by atoms with Crippen LogP contribution in [0.3, 0.4) is 0 Å². The second kappa shape index (κ2) is 8.38. The molecule has 1 heterocycles. The van der Waals surface area contributed by atoms with Gasteiger partial charge in [0, 0.05) is 11.3 Å². The Kier molecular flexibility index (Phi) is 6.09. The molecule has 0 saturated heterocycles. The van der Waals surface area contributed by atoms with Gasteiger partial charge in [0.05, 0.1) is 5.69 Å². The molecule has 3 rings (SSSR count). The molecule has 0 unspecified atom stereocenters. The molecule has 1 aliphatic rings. The molecule has 10 heteroatoms. The first-order chi connectivity index (χ1) is 13.6. The number of fused-ring (bicyclic) bond motifs is 1. The normalized spacial score (nSPS) is 14.4. The Balaban J connectivity index is 1.84. The third-order valence-electron chi connectivity index (χ3n) is 4.70. The van der Waals surface area contributed by atoms with E-state index in [1.165, 1.54) is 12.1 Å². The van der Waals surface area contributed by atoms with Crippen molar-refractivity contribution in [1.29, 1.82) is 0 Å². The molecule has 0 saturated carbocycles. The van der Waals surface area contributed by atoms with Gasteiger partial charge in [-0.1, -0.05) is 12.5 Å². The summed E-state index contributed by atoms with van der Waals surface area (Å²) in [6, 6.07) is 4.33. The quantitative estimate of drug-likeness (QED) is 0.566. The van der Waals surface area contributed by atoms with Crippen molar-refractivity contribution in [3.63, 3.8) is 0 Å². The summed E-state index contributed by atoms with van der Waals surface area (Å²) in [5.74, 6) is -0.903. The van der Waals surface area contributed by atoms with Crippen molar-refractivity contribution in [3.05, 3.63) is 40.7 Å². The molecule has 0 spiro atoms. The van der Waals surface area contributed by atoms with Crippen LogP contribution in [-0.4, -0.2) is 22.3 Å². The number of hydrogen-bond acceptors (Lipinski definition) is 3. The van der Waals surface area contributed by atoms with Gasteiger partial charge in [0.1, 0.15) is 12.3 Å². The molecule has 0 fully saturated rings. The summed E-state index contributed by atoms with van der Waals surface area (Å²) in [5, 5.41) is 6.07. The SMILES string of the molecule is Cc1ccc(NC(=O)Cn2nc(C(F)(F)F)c3c2CCCCC3)c(OC(F)F)c1. The summed E-state index contributed by atoms with van der Waals surface area (Å²) in [4.78, 5) is 12.4. The number of carbonyl (C=O) groups excluding carboxylic acids is 1. The number of halogens is 5. The molecule has 2 aromatic rings. The summed E-state index contributed by atoms with van der Waals surface area (Å²) in [6.45, 7) is -1.87. The minimum absolute atomic E-state index is 0.00944. The Morgan fingerprint density at radius 2 is 1.97 bits per heavy atom. The Hall–Kier alpha value is -2.65. The lowest BCUT2D eigenvalue weighted by atomic mass is 10.1. The van der Waals surface area contributed by atoms with Crippen LogP contribution < -0.4 is 10.1 Å². The molecular formula is C19H20F5N3O2. The number of aromatic nitrogens is 2. The van der Waals surface area contributed by atoms with Gasteiger partial charge in [-0.3, -0.25) is 9.48 Å². The van der Waals surface area contributed by atoms with Crippen molar-refractivity contribution < 1.29 is 31.5 Å². The highest BCUT2D eigenvalue weighted by Gasteiger charge is 2.39. The number of amides is 1. The van der Waals surface area contributed by atoms with Gasteiger partial charge in [-0.15, -0.1) is 0 Å². The molecule has 158 valence electrons. The maximum absolute atomic E-state index is 13.4. The molecular weight excluding hydrogens is 397 g/mol. The highest BCUT2D eigenvalue weighted by molar-refractivity contribution is 5.92. The van der Waals surface area contributed by atoms with Crippen molar-refractivity contribution in [2.75, 3.05) is 5.32 Å². The summed E-state index contributed by atoms with van der Waals surface area (Å²) in [6.07, 6.45) is -1.80. The molecule has 0 bridgehead atoms. The molecule has 0 atom stereocenters. The van der Waals surface area contributed by atoms with Crippen LogP contribution in [0.2, 0.25) is 0 Å². The van der Waals surface area contributed by atoms with E-state index in [1.807, 2.05) is 0 Å². The Bertz CT molecular complexity index is 893. The molecule has 29 heavy (non-hydrogen) atoms. The fourth-order valence-electron chi connectivity index (χ4n) is 3.46. The van der Waals surface area contributed by atoms with E-state index in [0.717, 1.165) is 11.1 Å². The van der Waals surface area contributed by atoms with Crippen LogP contribution in [0.15, 0.2) is 18.2 Å². The molecule has 1 aliphatic carbocycles. The van der Waals surface area contributed by atoms with Crippen molar-refractivity contribution in [1.82, 2.24) is 9.78 Å². The number of hydrogen-bond donors (Lipinski definition) is 1. The first-order valence-corrected chi connectivity index (χ1v) is 9.16. The van der Waals surface area contributed by atoms with Crippen LogP contribution in [0.1, 0.15) is 41.8 Å². The van der Waals surface area contributed by atoms with Crippen molar-refractivity contribution >= 4 is 11.6 Å². The number of ether oxygens (including phenoxy) is 1. The summed E-state index contributed by atoms with van der Waals surface area (Å²) in [7, 11) is 0. The van der Waals surface area contributed by atoms with Crippen LogP contribution in [0.4, 0.5) is 27.6 Å². The fourth-order valence-corrected chi connectivity index (χ4v) is 3.46. The van der Waals surface area contributed by atoms with Gasteiger partial charge in [-0.2, -0.15) is 27.1 Å². The van der Waals surface area contributed by atoms with Crippen LogP contribution in [0.25, 0.3) is 0 Å². The van der Waals surface area contributed by atoms with Gasteiger partial charge < -0.3 is 10.1 Å². The number of anilines is 1. The zero-order valence-corrected chi connectivity index (χ0v) is 15.7. The van der Waals surface area contributed by atoms with Crippen LogP contribution >= 0.6 is 0 Å². The molecule has 1 amide bonds. The van der Waals surface area contributed by atoms with E-state index in [4.69, 9.17) is 0 Å². The van der Waals surface area contributed by atoms with Crippen molar-refractivity contribution in [2.24, 2.45) is 0 Å². The second-order valence-electron chi connectivity index (χ2n) is 6.92. The topological polar surface area (TPSA) is 56.2 Å². The number of nitrogens with zero attached hydrogens (tertiary/aromatic N) is 2. The van der Waals surface area contributed by atoms with E-state index in [2.05, 4.69) is 15.2 Å². The van der Waals surface area contributed by atoms with E-state index in [-0.39, 0.29) is 23.4 Å². The maximum atomic E-state index is 13.4. The van der Waals surface area contributed by atoms with Crippen molar-refractivity contribution in [3.8, 4) is 5.75 Å². The second-order valence-corrected chi connectivity index (χ2v) is 6.92. The predicted molar refractivity (Wildman–Crippen MR) is 94.9 cm³/mol. The van der Waals surface area contributed by atoms with E-state index in [1.54, 1.807) is 13.0 Å². The van der Waals surface area contributed by atoms with E-state index >= 15 is 0 Å². The highest BCUT2D eigenvalue weighted by atomic mass is 19.4. The van der Waals surface area contributed by atoms with Gasteiger partial charge in [0.25, 0.3) is 0 Å². The van der Waals surface area contributed by atoms with Gasteiger partial charge in [0.15, 0.2) is 5.69 Å². The van der Waals surface area contributed by atoms with Gasteiger partial charge >= 0.3 is 12.8 Å². The highest BCUT2D eigenvalue weighted by Crippen LogP contribution is 2.35. The van der Waals surface area contributed by atoms with Gasteiger partial charge in [0.2, 0.25) is 5.91 Å². The number of aryl methyl sites for hydroxylation is 1. The monoisotopic (exact) mass is 417 g/mol. The molecule has 0 aliphatic heterocycles. The smallest absolute Gasteiger partial charge is 0.433 e. The lowest BCUT2D eigenvalue weighted by Crippen LogP contribution is -2.22. The average Bonchev–Trinajstić information content (AvgIpc) is 2.79. The number of alkyl halides is 5. The number of carbonyl (C=O) groups is 1. The van der Waals surface area contributed by atoms with Crippen LogP contribution in [0.5, 0.6) is 5.75 Å². The largest absolute Gasteiger partial charge is 0.435 e. The Morgan fingerprint density at radius 1 is 1.24 bits per heavy atom. The summed E-state index contributed by atoms with van der Waals surface area (Å²) >= 11 is 0. The van der Waals surface area contributed by atoms with E-state index in [0.29, 0.717) is 30.5 Å². The average molecular weight is 417 g/mol. The minimum Gasteiger partial charge on any atom is -0.433 e. The minimum atomic E-state index is -4.61. The zero-order valence-electron chi connectivity index (χ0n) is 15.7. The standard InChI is InChI=1S/C19H20F5N3O2/c1-11-7-8-13(15(9-11)29-18(20)21)25-16(28)10-27-14-6-4-2-3-5-12(14)17(26-27)19(22,23)24/h7-9,18H,2-6,10H2,1H3,(H,25,28). The van der Waals surface area contributed by atoms with Crippen LogP contribution in [0, 0.1) is 6.92 Å². The first kappa shape index (κ1) is 21.1. The zero-order chi connectivity index (χ0) is 21.2. The van der Waals surface area contributed by atoms with E-state index in [9.17, 15) is 26.7 Å². The predicted octanol–water partition coefficient (Wildman–Crippen LogP) is 4.72. The van der Waals surface area contributed by atoms with Crippen molar-refractivity contribution in [2.45, 2.75) is 58.4 Å². The van der Waals surface area contributed by atoms with E-state index < -0.39 is 30.9 Å². The molecule has 5 nitrogen and oxygen atoms in total. The number of rotatable bonds is 5. The summed E-state index contributed by atoms with van der Waals surface area (Å²) < 4.78 is 70.8.